The van der Waals surface area contributed by atoms with Gasteiger partial charge in [-0.15, -0.1) is 0 Å². The average molecular weight is 220 g/mol. The minimum absolute atomic E-state index is 0.134. The van der Waals surface area contributed by atoms with Gasteiger partial charge in [0.2, 0.25) is 0 Å². The van der Waals surface area contributed by atoms with Gasteiger partial charge in [-0.1, -0.05) is 30.3 Å². The predicted molar refractivity (Wildman–Crippen MR) is 61.0 cm³/mol. The molecule has 0 N–H and O–H groups in total. The van der Waals surface area contributed by atoms with Crippen LogP contribution >= 0.6 is 0 Å². The van der Waals surface area contributed by atoms with Gasteiger partial charge in [0, 0.05) is 6.42 Å². The van der Waals surface area contributed by atoms with Crippen LogP contribution in [0.3, 0.4) is 0 Å². The molecule has 0 radical (unpaired) electrons. The molecule has 0 fully saturated rings. The van der Waals surface area contributed by atoms with E-state index >= 15 is 0 Å². The van der Waals surface area contributed by atoms with Crippen molar-refractivity contribution in [1.29, 1.82) is 0 Å². The molecule has 16 heavy (non-hydrogen) atoms. The van der Waals surface area contributed by atoms with E-state index in [9.17, 15) is 9.59 Å². The maximum Gasteiger partial charge on any atom is 0.318 e. The van der Waals surface area contributed by atoms with Gasteiger partial charge in [-0.2, -0.15) is 0 Å². The van der Waals surface area contributed by atoms with E-state index in [4.69, 9.17) is 0 Å². The van der Waals surface area contributed by atoms with E-state index in [2.05, 4.69) is 4.74 Å². The molecule has 0 saturated heterocycles. The van der Waals surface area contributed by atoms with Gasteiger partial charge in [-0.05, 0) is 19.4 Å². The summed E-state index contributed by atoms with van der Waals surface area (Å²) in [7, 11) is 1.29. The molecule has 86 valence electrons. The van der Waals surface area contributed by atoms with E-state index in [1.54, 1.807) is 13.8 Å². The van der Waals surface area contributed by atoms with Gasteiger partial charge < -0.3 is 4.74 Å². The minimum atomic E-state index is -1.08. The first-order valence-electron chi connectivity index (χ1n) is 5.14. The number of Topliss-reactive ketones (excluding diaryl/α,β-unsaturated/α-hetero) is 1. The molecular weight excluding hydrogens is 204 g/mol. The highest BCUT2D eigenvalue weighted by Crippen LogP contribution is 2.20. The van der Waals surface area contributed by atoms with Gasteiger partial charge in [-0.25, -0.2) is 0 Å². The molecular formula is C13H16O3. The Kier molecular flexibility index (Phi) is 3.82. The lowest BCUT2D eigenvalue weighted by molar-refractivity contribution is -0.155. The number of benzene rings is 1. The molecule has 1 rings (SSSR count). The molecule has 0 bridgehead atoms. The quantitative estimate of drug-likeness (QED) is 0.575. The third-order valence-electron chi connectivity index (χ3n) is 2.60. The Hall–Kier alpha value is -1.64. The molecule has 0 spiro atoms. The summed E-state index contributed by atoms with van der Waals surface area (Å²) < 4.78 is 4.61. The summed E-state index contributed by atoms with van der Waals surface area (Å²) in [6, 6.07) is 9.36. The average Bonchev–Trinajstić information content (AvgIpc) is 2.29. The van der Waals surface area contributed by atoms with Crippen LogP contribution in [0.4, 0.5) is 0 Å². The molecule has 3 heteroatoms. The van der Waals surface area contributed by atoms with Crippen LogP contribution in [-0.2, 0) is 20.7 Å². The Bertz CT molecular complexity index is 379. The molecule has 0 unspecified atom stereocenters. The van der Waals surface area contributed by atoms with E-state index in [1.807, 2.05) is 30.3 Å². The van der Waals surface area contributed by atoms with Crippen molar-refractivity contribution in [1.82, 2.24) is 0 Å². The highest BCUT2D eigenvalue weighted by molar-refractivity contribution is 6.03. The highest BCUT2D eigenvalue weighted by Gasteiger charge is 2.36. The van der Waals surface area contributed by atoms with Crippen molar-refractivity contribution in [3.05, 3.63) is 35.9 Å². The van der Waals surface area contributed by atoms with E-state index in [0.717, 1.165) is 5.56 Å². The topological polar surface area (TPSA) is 43.4 Å². The van der Waals surface area contributed by atoms with Crippen LogP contribution in [0.2, 0.25) is 0 Å². The van der Waals surface area contributed by atoms with Crippen molar-refractivity contribution in [2.45, 2.75) is 20.3 Å². The number of methoxy groups -OCH3 is 1. The molecule has 0 aliphatic rings. The van der Waals surface area contributed by atoms with Gasteiger partial charge in [0.05, 0.1) is 7.11 Å². The SMILES string of the molecule is COC(=O)C(C)(C)C(=O)Cc1ccccc1. The maximum absolute atomic E-state index is 11.9. The summed E-state index contributed by atoms with van der Waals surface area (Å²) in [5.74, 6) is -0.626. The summed E-state index contributed by atoms with van der Waals surface area (Å²) in [4.78, 5) is 23.4. The Morgan fingerprint density at radius 2 is 1.75 bits per heavy atom. The fourth-order valence-electron chi connectivity index (χ4n) is 1.37. The second-order valence-corrected chi connectivity index (χ2v) is 4.20. The second kappa shape index (κ2) is 4.92. The third-order valence-corrected chi connectivity index (χ3v) is 2.60. The molecule has 0 atom stereocenters. The van der Waals surface area contributed by atoms with Gasteiger partial charge in [0.15, 0.2) is 5.78 Å². The molecule has 1 aromatic carbocycles. The second-order valence-electron chi connectivity index (χ2n) is 4.20. The Morgan fingerprint density at radius 3 is 2.25 bits per heavy atom. The van der Waals surface area contributed by atoms with Crippen molar-refractivity contribution in [2.75, 3.05) is 7.11 Å². The largest absolute Gasteiger partial charge is 0.468 e. The molecule has 0 heterocycles. The summed E-state index contributed by atoms with van der Waals surface area (Å²) in [5.41, 5.74) is -0.172. The fraction of sp³-hybridized carbons (Fsp3) is 0.385. The van der Waals surface area contributed by atoms with Crippen molar-refractivity contribution in [3.8, 4) is 0 Å². The number of ether oxygens (including phenoxy) is 1. The lowest BCUT2D eigenvalue weighted by atomic mass is 9.85. The van der Waals surface area contributed by atoms with Crippen molar-refractivity contribution in [2.24, 2.45) is 5.41 Å². The lowest BCUT2D eigenvalue weighted by Crippen LogP contribution is -2.35. The van der Waals surface area contributed by atoms with Crippen LogP contribution in [0.15, 0.2) is 30.3 Å². The number of carbonyl (C=O) groups is 2. The van der Waals surface area contributed by atoms with Crippen molar-refractivity contribution < 1.29 is 14.3 Å². The van der Waals surface area contributed by atoms with Crippen LogP contribution in [0.25, 0.3) is 0 Å². The minimum Gasteiger partial charge on any atom is -0.468 e. The summed E-state index contributed by atoms with van der Waals surface area (Å²) in [6.45, 7) is 3.17. The van der Waals surface area contributed by atoms with E-state index < -0.39 is 11.4 Å². The molecule has 0 aliphatic heterocycles. The number of hydrogen-bond acceptors (Lipinski definition) is 3. The lowest BCUT2D eigenvalue weighted by Gasteiger charge is -2.19. The first-order chi connectivity index (χ1) is 7.48. The van der Waals surface area contributed by atoms with E-state index in [1.165, 1.54) is 7.11 Å². The number of rotatable bonds is 4. The smallest absolute Gasteiger partial charge is 0.318 e. The maximum atomic E-state index is 11.9. The Balaban J connectivity index is 2.76. The summed E-state index contributed by atoms with van der Waals surface area (Å²) >= 11 is 0. The van der Waals surface area contributed by atoms with Gasteiger partial charge in [0.1, 0.15) is 5.41 Å². The highest BCUT2D eigenvalue weighted by atomic mass is 16.5. The van der Waals surface area contributed by atoms with Gasteiger partial charge >= 0.3 is 5.97 Å². The normalized spacial score (nSPS) is 10.9. The zero-order valence-electron chi connectivity index (χ0n) is 9.82. The van der Waals surface area contributed by atoms with Crippen LogP contribution < -0.4 is 0 Å². The zero-order chi connectivity index (χ0) is 12.2. The van der Waals surface area contributed by atoms with Crippen LogP contribution in [-0.4, -0.2) is 18.9 Å². The number of esters is 1. The number of hydrogen-bond donors (Lipinski definition) is 0. The van der Waals surface area contributed by atoms with Crippen LogP contribution in [0.5, 0.6) is 0 Å². The number of carbonyl (C=O) groups excluding carboxylic acids is 2. The summed E-state index contributed by atoms with van der Waals surface area (Å²) in [5, 5.41) is 0. The van der Waals surface area contributed by atoms with Crippen LogP contribution in [0.1, 0.15) is 19.4 Å². The van der Waals surface area contributed by atoms with Crippen molar-refractivity contribution in [3.63, 3.8) is 0 Å². The molecule has 1 aromatic rings. The fourth-order valence-corrected chi connectivity index (χ4v) is 1.37. The molecule has 0 saturated carbocycles. The first-order valence-corrected chi connectivity index (χ1v) is 5.14. The third kappa shape index (κ3) is 2.69. The molecule has 0 aliphatic carbocycles. The Labute approximate surface area is 95.4 Å². The summed E-state index contributed by atoms with van der Waals surface area (Å²) in [6.07, 6.45) is 0.253. The van der Waals surface area contributed by atoms with Gasteiger partial charge in [0.25, 0.3) is 0 Å². The zero-order valence-corrected chi connectivity index (χ0v) is 9.82. The van der Waals surface area contributed by atoms with E-state index in [-0.39, 0.29) is 12.2 Å². The molecule has 3 nitrogen and oxygen atoms in total. The molecule has 0 aromatic heterocycles. The van der Waals surface area contributed by atoms with Crippen molar-refractivity contribution >= 4 is 11.8 Å². The standard InChI is InChI=1S/C13H16O3/c1-13(2,12(15)16-3)11(14)9-10-7-5-4-6-8-10/h4-8H,9H2,1-3H3. The predicted octanol–water partition coefficient (Wildman–Crippen LogP) is 2.00. The van der Waals surface area contributed by atoms with Gasteiger partial charge in [-0.3, -0.25) is 9.59 Å². The molecule has 0 amide bonds. The Morgan fingerprint density at radius 1 is 1.19 bits per heavy atom. The van der Waals surface area contributed by atoms with Crippen LogP contribution in [0, 0.1) is 5.41 Å². The first kappa shape index (κ1) is 12.4. The monoisotopic (exact) mass is 220 g/mol. The number of ketones is 1. The van der Waals surface area contributed by atoms with E-state index in [0.29, 0.717) is 0 Å².